The molecular weight excluding hydrogens is 474 g/mol. The van der Waals surface area contributed by atoms with E-state index in [0.29, 0.717) is 46.5 Å². The zero-order valence-electron chi connectivity index (χ0n) is 20.7. The van der Waals surface area contributed by atoms with Crippen LogP contribution in [0.15, 0.2) is 23.0 Å². The summed E-state index contributed by atoms with van der Waals surface area (Å²) in [7, 11) is 0. The molecule has 1 fully saturated rings. The second kappa shape index (κ2) is 8.03. The number of cyclic esters (lactones) is 1. The van der Waals surface area contributed by atoms with Crippen molar-refractivity contribution in [3.05, 3.63) is 50.8 Å². The molecule has 1 saturated carbocycles. The molecule has 1 aliphatic carbocycles. The molecule has 5 heterocycles. The minimum atomic E-state index is -1.85. The second-order valence-electron chi connectivity index (χ2n) is 10.6. The Bertz CT molecular complexity index is 1540. The van der Waals surface area contributed by atoms with Gasteiger partial charge in [-0.2, -0.15) is 0 Å². The first-order valence-electron chi connectivity index (χ1n) is 13.1. The summed E-state index contributed by atoms with van der Waals surface area (Å²) in [6, 6.07) is 5.74. The van der Waals surface area contributed by atoms with E-state index in [9.17, 15) is 14.7 Å². The third-order valence-corrected chi connectivity index (χ3v) is 8.78. The number of esters is 1. The highest BCUT2D eigenvalue weighted by molar-refractivity contribution is 5.91. The molecular formula is C28H29N3O6. The van der Waals surface area contributed by atoms with Crippen LogP contribution >= 0.6 is 0 Å². The summed E-state index contributed by atoms with van der Waals surface area (Å²) in [6.07, 6.45) is 5.30. The molecule has 0 bridgehead atoms. The van der Waals surface area contributed by atoms with Gasteiger partial charge >= 0.3 is 5.97 Å². The van der Waals surface area contributed by atoms with Crippen LogP contribution in [0.2, 0.25) is 0 Å². The first-order chi connectivity index (χ1) is 17.9. The maximum atomic E-state index is 13.6. The van der Waals surface area contributed by atoms with Crippen LogP contribution in [0.3, 0.4) is 0 Å². The Hall–Kier alpha value is -3.43. The topological polar surface area (TPSA) is 126 Å². The Morgan fingerprint density at radius 1 is 1.16 bits per heavy atom. The normalized spacial score (nSPS) is 22.3. The average Bonchev–Trinajstić information content (AvgIpc) is 3.46. The van der Waals surface area contributed by atoms with Crippen molar-refractivity contribution in [2.75, 3.05) is 6.79 Å². The van der Waals surface area contributed by atoms with Crippen LogP contribution in [0.1, 0.15) is 61.3 Å². The summed E-state index contributed by atoms with van der Waals surface area (Å²) >= 11 is 0. The number of hydrogen-bond donors (Lipinski definition) is 2. The number of aliphatic hydroxyl groups is 1. The molecule has 0 radical (unpaired) electrons. The van der Waals surface area contributed by atoms with Gasteiger partial charge in [-0.15, -0.1) is 0 Å². The van der Waals surface area contributed by atoms with E-state index >= 15 is 0 Å². The van der Waals surface area contributed by atoms with Crippen LogP contribution in [0.5, 0.6) is 11.5 Å². The molecule has 4 aliphatic rings. The Morgan fingerprint density at radius 2 is 1.95 bits per heavy atom. The van der Waals surface area contributed by atoms with Crippen LogP contribution in [0.4, 0.5) is 0 Å². The smallest absolute Gasteiger partial charge is 0.343 e. The van der Waals surface area contributed by atoms with Gasteiger partial charge in [-0.25, -0.2) is 9.78 Å². The van der Waals surface area contributed by atoms with Gasteiger partial charge < -0.3 is 29.6 Å². The molecule has 3 aliphatic heterocycles. The number of rotatable bonds is 5. The number of fused-ring (bicyclic) bond motifs is 6. The lowest BCUT2D eigenvalue weighted by Crippen LogP contribution is -2.44. The second-order valence-corrected chi connectivity index (χ2v) is 10.6. The molecule has 2 atom stereocenters. The van der Waals surface area contributed by atoms with Crippen molar-refractivity contribution in [3.63, 3.8) is 0 Å². The fraction of sp³-hybridized carbons (Fsp3) is 0.464. The lowest BCUT2D eigenvalue weighted by molar-refractivity contribution is -0.172. The van der Waals surface area contributed by atoms with Crippen LogP contribution < -0.4 is 20.8 Å². The van der Waals surface area contributed by atoms with E-state index in [2.05, 4.69) is 0 Å². The van der Waals surface area contributed by atoms with Gasteiger partial charge in [-0.05, 0) is 55.7 Å². The molecule has 37 heavy (non-hydrogen) atoms. The Morgan fingerprint density at radius 3 is 2.68 bits per heavy atom. The monoisotopic (exact) mass is 503 g/mol. The van der Waals surface area contributed by atoms with Crippen LogP contribution in [-0.4, -0.2) is 33.5 Å². The number of hydrogen-bond acceptors (Lipinski definition) is 8. The van der Waals surface area contributed by atoms with Crippen molar-refractivity contribution < 1.29 is 24.1 Å². The zero-order valence-corrected chi connectivity index (χ0v) is 20.7. The predicted molar refractivity (Wildman–Crippen MR) is 134 cm³/mol. The summed E-state index contributed by atoms with van der Waals surface area (Å²) in [4.78, 5) is 31.1. The SMILES string of the molecule is CC[C@@]1(O)C(=O)OCc2c1cc1n(c2=O)Cc2c-1nc1cc3c(cc1c2CCC(N)C1CCC1)OCO3. The number of ether oxygens (including phenoxy) is 3. The maximum Gasteiger partial charge on any atom is 0.343 e. The standard InChI is InChI=1S/C28H29N3O6/c1-2-28(34)19-9-22-25-17(11-31(22)26(32)18(19)12-35-27(28)33)15(6-7-20(29)14-4-3-5-14)16-8-23-24(37-13-36-23)10-21(16)30-25/h8-10,14,20,34H,2-7,11-13,29H2,1H3/t20?,28-/m0/s1. The van der Waals surface area contributed by atoms with Gasteiger partial charge in [0.2, 0.25) is 6.79 Å². The number of aromatic nitrogens is 2. The molecule has 1 aromatic carbocycles. The van der Waals surface area contributed by atoms with Gasteiger partial charge in [0.15, 0.2) is 17.1 Å². The molecule has 9 heteroatoms. The molecule has 0 amide bonds. The zero-order chi connectivity index (χ0) is 25.5. The molecule has 2 aromatic heterocycles. The van der Waals surface area contributed by atoms with E-state index in [4.69, 9.17) is 24.9 Å². The third kappa shape index (κ3) is 3.20. The first-order valence-corrected chi connectivity index (χ1v) is 13.1. The fourth-order valence-corrected chi connectivity index (χ4v) is 6.25. The van der Waals surface area contributed by atoms with Crippen LogP contribution in [0.25, 0.3) is 22.3 Å². The molecule has 1 unspecified atom stereocenters. The molecule has 7 rings (SSSR count). The van der Waals surface area contributed by atoms with E-state index in [1.54, 1.807) is 17.6 Å². The fourth-order valence-electron chi connectivity index (χ4n) is 6.25. The maximum absolute atomic E-state index is 13.6. The van der Waals surface area contributed by atoms with Crippen molar-refractivity contribution in [2.45, 2.75) is 70.2 Å². The van der Waals surface area contributed by atoms with Gasteiger partial charge in [0.1, 0.15) is 6.61 Å². The summed E-state index contributed by atoms with van der Waals surface area (Å²) in [5.41, 5.74) is 9.20. The first kappa shape index (κ1) is 22.7. The highest BCUT2D eigenvalue weighted by Gasteiger charge is 2.45. The Labute approximate surface area is 213 Å². The Kier molecular flexibility index (Phi) is 4.94. The summed E-state index contributed by atoms with van der Waals surface area (Å²) in [5, 5.41) is 12.1. The van der Waals surface area contributed by atoms with Crippen molar-refractivity contribution in [1.29, 1.82) is 0 Å². The van der Waals surface area contributed by atoms with Gasteiger partial charge in [-0.1, -0.05) is 13.3 Å². The number of nitrogens with zero attached hydrogens (tertiary/aromatic N) is 2. The van der Waals surface area contributed by atoms with E-state index < -0.39 is 11.6 Å². The van der Waals surface area contributed by atoms with E-state index in [1.807, 2.05) is 12.1 Å². The largest absolute Gasteiger partial charge is 0.458 e. The number of carbonyl (C=O) groups excluding carboxylic acids is 1. The molecule has 3 aromatic rings. The quantitative estimate of drug-likeness (QED) is 0.398. The number of pyridine rings is 2. The third-order valence-electron chi connectivity index (χ3n) is 8.78. The lowest BCUT2D eigenvalue weighted by Gasteiger charge is -2.31. The van der Waals surface area contributed by atoms with Gasteiger partial charge in [-0.3, -0.25) is 4.79 Å². The highest BCUT2D eigenvalue weighted by Crippen LogP contribution is 2.43. The van der Waals surface area contributed by atoms with Crippen LogP contribution in [0, 0.1) is 5.92 Å². The summed E-state index contributed by atoms with van der Waals surface area (Å²) in [5.74, 6) is 1.17. The number of carbonyl (C=O) groups is 1. The van der Waals surface area contributed by atoms with Gasteiger partial charge in [0.25, 0.3) is 5.56 Å². The summed E-state index contributed by atoms with van der Waals surface area (Å²) < 4.78 is 18.2. The minimum absolute atomic E-state index is 0.105. The minimum Gasteiger partial charge on any atom is -0.458 e. The number of aryl methyl sites for hydroxylation is 1. The highest BCUT2D eigenvalue weighted by atomic mass is 16.7. The Balaban J connectivity index is 1.41. The lowest BCUT2D eigenvalue weighted by atomic mass is 9.78. The molecule has 0 saturated heterocycles. The van der Waals surface area contributed by atoms with Crippen molar-refractivity contribution in [3.8, 4) is 22.9 Å². The van der Waals surface area contributed by atoms with Crippen molar-refractivity contribution in [2.24, 2.45) is 11.7 Å². The van der Waals surface area contributed by atoms with Crippen molar-refractivity contribution in [1.82, 2.24) is 9.55 Å². The molecule has 9 nitrogen and oxygen atoms in total. The molecule has 0 spiro atoms. The molecule has 3 N–H and O–H groups in total. The average molecular weight is 504 g/mol. The van der Waals surface area contributed by atoms with Gasteiger partial charge in [0, 0.05) is 28.6 Å². The van der Waals surface area contributed by atoms with Gasteiger partial charge in [0.05, 0.1) is 29.0 Å². The van der Waals surface area contributed by atoms with Crippen molar-refractivity contribution >= 4 is 16.9 Å². The predicted octanol–water partition coefficient (Wildman–Crippen LogP) is 2.87. The molecule has 192 valence electrons. The number of nitrogens with two attached hydrogens (primary N) is 1. The summed E-state index contributed by atoms with van der Waals surface area (Å²) in [6.45, 7) is 2.09. The van der Waals surface area contributed by atoms with E-state index in [-0.39, 0.29) is 31.4 Å². The number of benzene rings is 1. The van der Waals surface area contributed by atoms with E-state index in [1.165, 1.54) is 19.3 Å². The van der Waals surface area contributed by atoms with Crippen LogP contribution in [-0.2, 0) is 34.7 Å². The van der Waals surface area contributed by atoms with E-state index in [0.717, 1.165) is 34.9 Å².